The molecule has 1 radical (unpaired) electrons. The first-order valence-corrected chi connectivity index (χ1v) is 8.33. The second kappa shape index (κ2) is 6.51. The number of aromatic nitrogens is 3. The quantitative estimate of drug-likeness (QED) is 0.457. The molecule has 0 saturated heterocycles. The normalized spacial score (nSPS) is 11.1. The van der Waals surface area contributed by atoms with Crippen molar-refractivity contribution in [3.63, 3.8) is 0 Å². The lowest BCUT2D eigenvalue weighted by molar-refractivity contribution is 0.348. The molecule has 0 saturated carbocycles. The van der Waals surface area contributed by atoms with Gasteiger partial charge in [-0.05, 0) is 49.2 Å². The van der Waals surface area contributed by atoms with Crippen molar-refractivity contribution in [3.05, 3.63) is 58.5 Å². The highest BCUT2D eigenvalue weighted by atomic mass is 35.5. The Bertz CT molecular complexity index is 1150. The zero-order valence-corrected chi connectivity index (χ0v) is 15.0. The van der Waals surface area contributed by atoms with Crippen LogP contribution in [0.2, 0.25) is 5.02 Å². The van der Waals surface area contributed by atoms with Gasteiger partial charge in [0.1, 0.15) is 17.1 Å². The summed E-state index contributed by atoms with van der Waals surface area (Å²) in [6, 6.07) is 7.36. The molecule has 0 amide bonds. The molecular weight excluding hydrogens is 373 g/mol. The van der Waals surface area contributed by atoms with Crippen LogP contribution in [0.5, 0.6) is 17.5 Å². The summed E-state index contributed by atoms with van der Waals surface area (Å²) in [4.78, 5) is 12.6. The number of aryl methyl sites for hydroxylation is 2. The maximum atomic E-state index is 13.2. The molecule has 2 aromatic heterocycles. The Morgan fingerprint density at radius 2 is 1.85 bits per heavy atom. The fourth-order valence-electron chi connectivity index (χ4n) is 2.61. The molecular formula is C19H12ClFN3O3. The lowest BCUT2D eigenvalue weighted by Gasteiger charge is -2.03. The zero-order chi connectivity index (χ0) is 19.1. The van der Waals surface area contributed by atoms with Crippen molar-refractivity contribution in [1.29, 1.82) is 0 Å². The number of hydrogen-bond donors (Lipinski definition) is 0. The van der Waals surface area contributed by atoms with Crippen LogP contribution in [0.15, 0.2) is 40.9 Å². The molecule has 8 heteroatoms. The van der Waals surface area contributed by atoms with Crippen LogP contribution in [0, 0.1) is 19.7 Å². The van der Waals surface area contributed by atoms with Crippen LogP contribution in [0.4, 0.5) is 4.39 Å². The molecule has 135 valence electrons. The van der Waals surface area contributed by atoms with Crippen molar-refractivity contribution >= 4 is 22.8 Å². The van der Waals surface area contributed by atoms with E-state index in [9.17, 15) is 9.50 Å². The van der Waals surface area contributed by atoms with Gasteiger partial charge in [0.05, 0.1) is 11.2 Å². The number of oxazole rings is 1. The lowest BCUT2D eigenvalue weighted by Crippen LogP contribution is -1.92. The van der Waals surface area contributed by atoms with E-state index in [2.05, 4.69) is 15.0 Å². The SMILES string of the molecule is Cc1cc(-c2nc3cnc(Oc4ccc(F)c(Cl)c4)nc3o2)cc(C)c1[O]. The highest BCUT2D eigenvalue weighted by Gasteiger charge is 2.15. The summed E-state index contributed by atoms with van der Waals surface area (Å²) in [7, 11) is 0. The highest BCUT2D eigenvalue weighted by Crippen LogP contribution is 2.31. The van der Waals surface area contributed by atoms with Crippen molar-refractivity contribution in [2.75, 3.05) is 0 Å². The summed E-state index contributed by atoms with van der Waals surface area (Å²) in [6.45, 7) is 3.47. The van der Waals surface area contributed by atoms with Gasteiger partial charge in [0, 0.05) is 11.6 Å². The van der Waals surface area contributed by atoms with Gasteiger partial charge in [-0.1, -0.05) is 11.6 Å². The first-order valence-electron chi connectivity index (χ1n) is 7.96. The largest absolute Gasteiger partial charge is 0.424 e. The van der Waals surface area contributed by atoms with Crippen LogP contribution >= 0.6 is 11.6 Å². The Kier molecular flexibility index (Phi) is 4.16. The molecule has 27 heavy (non-hydrogen) atoms. The summed E-state index contributed by atoms with van der Waals surface area (Å²) in [5, 5.41) is 11.8. The number of halogens is 2. The molecule has 2 heterocycles. The Labute approximate surface area is 158 Å². The molecule has 0 spiro atoms. The molecule has 2 aromatic carbocycles. The van der Waals surface area contributed by atoms with Gasteiger partial charge < -0.3 is 9.15 Å². The molecule has 0 atom stereocenters. The van der Waals surface area contributed by atoms with Crippen LogP contribution in [-0.4, -0.2) is 15.0 Å². The first-order chi connectivity index (χ1) is 12.9. The van der Waals surface area contributed by atoms with E-state index < -0.39 is 5.82 Å². The van der Waals surface area contributed by atoms with E-state index in [1.165, 1.54) is 24.4 Å². The maximum absolute atomic E-state index is 13.2. The number of fused-ring (bicyclic) bond motifs is 1. The van der Waals surface area contributed by atoms with Gasteiger partial charge in [-0.2, -0.15) is 4.98 Å². The van der Waals surface area contributed by atoms with E-state index in [0.29, 0.717) is 28.1 Å². The van der Waals surface area contributed by atoms with Gasteiger partial charge in [-0.3, -0.25) is 5.11 Å². The molecule has 4 rings (SSSR count). The predicted molar refractivity (Wildman–Crippen MR) is 96.1 cm³/mol. The molecule has 0 aliphatic heterocycles. The van der Waals surface area contributed by atoms with Crippen molar-refractivity contribution in [2.24, 2.45) is 0 Å². The van der Waals surface area contributed by atoms with Gasteiger partial charge in [-0.15, -0.1) is 0 Å². The van der Waals surface area contributed by atoms with Crippen molar-refractivity contribution < 1.29 is 18.7 Å². The number of nitrogens with zero attached hydrogens (tertiary/aromatic N) is 3. The monoisotopic (exact) mass is 384 g/mol. The van der Waals surface area contributed by atoms with Crippen LogP contribution in [0.25, 0.3) is 22.7 Å². The number of benzene rings is 2. The third kappa shape index (κ3) is 3.29. The summed E-state index contributed by atoms with van der Waals surface area (Å²) in [6.07, 6.45) is 1.46. The van der Waals surface area contributed by atoms with Crippen LogP contribution in [0.1, 0.15) is 11.1 Å². The second-order valence-corrected chi connectivity index (χ2v) is 6.39. The first kappa shape index (κ1) is 17.2. The minimum absolute atomic E-state index is 0.00939. The van der Waals surface area contributed by atoms with E-state index in [4.69, 9.17) is 20.8 Å². The van der Waals surface area contributed by atoms with Gasteiger partial charge in [0.2, 0.25) is 5.89 Å². The van der Waals surface area contributed by atoms with E-state index in [0.717, 1.165) is 0 Å². The second-order valence-electron chi connectivity index (χ2n) is 5.98. The smallest absolute Gasteiger partial charge is 0.325 e. The van der Waals surface area contributed by atoms with Crippen LogP contribution in [-0.2, 0) is 5.11 Å². The zero-order valence-electron chi connectivity index (χ0n) is 14.3. The Morgan fingerprint density at radius 1 is 1.11 bits per heavy atom. The molecule has 0 bridgehead atoms. The highest BCUT2D eigenvalue weighted by molar-refractivity contribution is 6.30. The fraction of sp³-hybridized carbons (Fsp3) is 0.105. The van der Waals surface area contributed by atoms with E-state index >= 15 is 0 Å². The molecule has 0 aliphatic rings. The van der Waals surface area contributed by atoms with Gasteiger partial charge in [0.25, 0.3) is 5.71 Å². The maximum Gasteiger partial charge on any atom is 0.325 e. The average molecular weight is 385 g/mol. The standard InChI is InChI=1S/C19H12ClFN3O3/c1-9-5-11(6-10(2)16(9)25)17-23-15-8-22-19(24-18(15)27-17)26-12-3-4-14(21)13(20)7-12/h3-8H,1-2H3. The fourth-order valence-corrected chi connectivity index (χ4v) is 2.78. The van der Waals surface area contributed by atoms with Gasteiger partial charge in [0.15, 0.2) is 5.75 Å². The molecule has 0 unspecified atom stereocenters. The Hall–Kier alpha value is -3.19. The van der Waals surface area contributed by atoms with Gasteiger partial charge in [-0.25, -0.2) is 14.4 Å². The third-order valence-electron chi connectivity index (χ3n) is 3.94. The summed E-state index contributed by atoms with van der Waals surface area (Å²) in [5.74, 6) is 0.0588. The van der Waals surface area contributed by atoms with Crippen LogP contribution in [0.3, 0.4) is 0 Å². The number of ether oxygens (including phenoxy) is 1. The average Bonchev–Trinajstić information content (AvgIpc) is 3.06. The Morgan fingerprint density at radius 3 is 2.56 bits per heavy atom. The molecule has 6 nitrogen and oxygen atoms in total. The molecule has 0 fully saturated rings. The van der Waals surface area contributed by atoms with Crippen molar-refractivity contribution in [1.82, 2.24) is 15.0 Å². The van der Waals surface area contributed by atoms with Crippen LogP contribution < -0.4 is 4.74 Å². The minimum Gasteiger partial charge on any atom is -0.424 e. The predicted octanol–water partition coefficient (Wildman–Crippen LogP) is 5.63. The van der Waals surface area contributed by atoms with Crippen molar-refractivity contribution in [2.45, 2.75) is 13.8 Å². The topological polar surface area (TPSA) is 80.9 Å². The van der Waals surface area contributed by atoms with Crippen molar-refractivity contribution in [3.8, 4) is 29.0 Å². The number of hydrogen-bond acceptors (Lipinski definition) is 5. The summed E-state index contributed by atoms with van der Waals surface area (Å²) < 4.78 is 24.4. The summed E-state index contributed by atoms with van der Waals surface area (Å²) in [5.41, 5.74) is 2.56. The lowest BCUT2D eigenvalue weighted by atomic mass is 10.1. The van der Waals surface area contributed by atoms with Gasteiger partial charge >= 0.3 is 6.01 Å². The minimum atomic E-state index is -0.546. The van der Waals surface area contributed by atoms with E-state index in [1.807, 2.05) is 0 Å². The van der Waals surface area contributed by atoms with E-state index in [1.54, 1.807) is 26.0 Å². The molecule has 4 aromatic rings. The molecule has 0 aliphatic carbocycles. The third-order valence-corrected chi connectivity index (χ3v) is 4.23. The summed E-state index contributed by atoms with van der Waals surface area (Å²) >= 11 is 5.74. The molecule has 0 N–H and O–H groups in total. The Balaban J connectivity index is 1.68. The number of rotatable bonds is 3. The van der Waals surface area contributed by atoms with E-state index in [-0.39, 0.29) is 28.2 Å².